The Hall–Kier alpha value is -1.69. The maximum Gasteiger partial charge on any atom is 0.383 e. The quantitative estimate of drug-likeness (QED) is 0.577. The van der Waals surface area contributed by atoms with Crippen LogP contribution in [-0.2, 0) is 0 Å². The molecule has 7 heteroatoms. The predicted molar refractivity (Wildman–Crippen MR) is 42.9 cm³/mol. The highest BCUT2D eigenvalue weighted by molar-refractivity contribution is 6.35. The molecule has 1 aromatic rings. The Morgan fingerprint density at radius 3 is 2.77 bits per heavy atom. The molecule has 0 aromatic carbocycles. The number of hydrogen-bond acceptors (Lipinski definition) is 4. The summed E-state index contributed by atoms with van der Waals surface area (Å²) in [5, 5.41) is 18.3. The van der Waals surface area contributed by atoms with E-state index in [9.17, 15) is 14.9 Å². The second kappa shape index (κ2) is 3.36. The Balaban J connectivity index is 3.35. The molecule has 0 unspecified atom stereocenters. The highest BCUT2D eigenvalue weighted by atomic mass is 35.5. The summed E-state index contributed by atoms with van der Waals surface area (Å²) in [6.45, 7) is 0. The highest BCUT2D eigenvalue weighted by Crippen LogP contribution is 2.24. The summed E-state index contributed by atoms with van der Waals surface area (Å²) >= 11 is 5.41. The van der Waals surface area contributed by atoms with Gasteiger partial charge < -0.3 is 15.2 Å². The van der Waals surface area contributed by atoms with E-state index >= 15 is 0 Å². The summed E-state index contributed by atoms with van der Waals surface area (Å²) < 4.78 is 0. The number of aromatic nitrogens is 1. The molecule has 1 aromatic heterocycles. The number of hydrogen-bond donors (Lipinski definition) is 1. The zero-order chi connectivity index (χ0) is 10.0. The van der Waals surface area contributed by atoms with Crippen molar-refractivity contribution in [3.05, 3.63) is 33.0 Å². The number of carbonyl (C=O) groups is 1. The molecule has 0 radical (unpaired) electrons. The fraction of sp³-hybridized carbons (Fsp3) is 0. The maximum absolute atomic E-state index is 10.5. The first-order chi connectivity index (χ1) is 6.04. The summed E-state index contributed by atoms with van der Waals surface area (Å²) in [4.78, 5) is 23.2. The minimum absolute atomic E-state index is 0.330. The molecule has 0 aliphatic heterocycles. The average molecular weight is 203 g/mol. The molecule has 0 fully saturated rings. The first-order valence-electron chi connectivity index (χ1n) is 3.06. The lowest BCUT2D eigenvalue weighted by Crippen LogP contribution is -2.01. The second-order valence-corrected chi connectivity index (χ2v) is 2.44. The van der Waals surface area contributed by atoms with Gasteiger partial charge in [-0.15, -0.1) is 0 Å². The van der Waals surface area contributed by atoms with Crippen molar-refractivity contribution in [2.75, 3.05) is 0 Å². The summed E-state index contributed by atoms with van der Waals surface area (Å²) in [5.74, 6) is -1.97. The van der Waals surface area contributed by atoms with Crippen molar-refractivity contribution in [2.45, 2.75) is 0 Å². The van der Waals surface area contributed by atoms with E-state index in [4.69, 9.17) is 16.7 Å². The third-order valence-corrected chi connectivity index (χ3v) is 1.65. The van der Waals surface area contributed by atoms with Crippen LogP contribution >= 0.6 is 11.6 Å². The van der Waals surface area contributed by atoms with Gasteiger partial charge >= 0.3 is 11.8 Å². The van der Waals surface area contributed by atoms with E-state index in [-0.39, 0.29) is 5.56 Å². The monoisotopic (exact) mass is 202 g/mol. The molecule has 0 amide bonds. The Morgan fingerprint density at radius 1 is 1.69 bits per heavy atom. The molecule has 0 atom stereocenters. The molecule has 0 aliphatic rings. The molecular formula is C6H3ClN2O4. The van der Waals surface area contributed by atoms with Crippen molar-refractivity contribution < 1.29 is 14.8 Å². The third-order valence-electron chi connectivity index (χ3n) is 1.27. The van der Waals surface area contributed by atoms with Crippen LogP contribution in [0.5, 0.6) is 0 Å². The Labute approximate surface area is 76.9 Å². The highest BCUT2D eigenvalue weighted by Gasteiger charge is 2.20. The number of halogens is 1. The predicted octanol–water partition coefficient (Wildman–Crippen LogP) is 1.34. The van der Waals surface area contributed by atoms with Gasteiger partial charge in [0.15, 0.2) is 5.02 Å². The normalized spacial score (nSPS) is 9.62. The standard InChI is InChI=1S/C6H3ClN2O4/c7-4-3(6(10)11)1-2-8-5(4)9(12)13/h1-2H,(H,10,11). The summed E-state index contributed by atoms with van der Waals surface area (Å²) in [6.07, 6.45) is 1.02. The lowest BCUT2D eigenvalue weighted by molar-refractivity contribution is -0.389. The number of carboxylic acids is 1. The number of rotatable bonds is 2. The Bertz CT molecular complexity index is 347. The van der Waals surface area contributed by atoms with Crippen LogP contribution in [0, 0.1) is 10.1 Å². The van der Waals surface area contributed by atoms with Gasteiger partial charge in [-0.2, -0.15) is 0 Å². The molecule has 1 N–H and O–H groups in total. The number of nitrogens with zero attached hydrogens (tertiary/aromatic N) is 2. The van der Waals surface area contributed by atoms with Crippen molar-refractivity contribution in [3.63, 3.8) is 0 Å². The van der Waals surface area contributed by atoms with Gasteiger partial charge in [0.2, 0.25) is 0 Å². The van der Waals surface area contributed by atoms with Gasteiger partial charge in [-0.25, -0.2) is 4.79 Å². The molecule has 0 spiro atoms. The van der Waals surface area contributed by atoms with Crippen LogP contribution < -0.4 is 0 Å². The molecule has 0 aliphatic carbocycles. The van der Waals surface area contributed by atoms with E-state index in [0.717, 1.165) is 12.3 Å². The van der Waals surface area contributed by atoms with Crippen LogP contribution in [0.15, 0.2) is 12.3 Å². The average Bonchev–Trinajstić information content (AvgIpc) is 2.03. The molecule has 1 heterocycles. The van der Waals surface area contributed by atoms with Crippen molar-refractivity contribution in [1.82, 2.24) is 4.98 Å². The molecular weight excluding hydrogens is 200 g/mol. The molecule has 0 saturated carbocycles. The van der Waals surface area contributed by atoms with Gasteiger partial charge in [0, 0.05) is 0 Å². The van der Waals surface area contributed by atoms with Crippen molar-refractivity contribution >= 4 is 23.4 Å². The van der Waals surface area contributed by atoms with E-state index < -0.39 is 21.7 Å². The number of carboxylic acid groups (broad SMARTS) is 1. The van der Waals surface area contributed by atoms with Gasteiger partial charge in [0.25, 0.3) is 0 Å². The lowest BCUT2D eigenvalue weighted by atomic mass is 10.2. The van der Waals surface area contributed by atoms with Crippen LogP contribution in [0.25, 0.3) is 0 Å². The summed E-state index contributed by atoms with van der Waals surface area (Å²) in [7, 11) is 0. The van der Waals surface area contributed by atoms with Crippen molar-refractivity contribution in [2.24, 2.45) is 0 Å². The van der Waals surface area contributed by atoms with Gasteiger partial charge in [-0.05, 0) is 16.0 Å². The van der Waals surface area contributed by atoms with Gasteiger partial charge in [0.05, 0.1) is 5.56 Å². The molecule has 6 nitrogen and oxygen atoms in total. The topological polar surface area (TPSA) is 93.3 Å². The van der Waals surface area contributed by atoms with Gasteiger partial charge in [0.1, 0.15) is 6.20 Å². The summed E-state index contributed by atoms with van der Waals surface area (Å²) in [6, 6.07) is 1.09. The van der Waals surface area contributed by atoms with Gasteiger partial charge in [-0.3, -0.25) is 0 Å². The van der Waals surface area contributed by atoms with E-state index in [2.05, 4.69) is 4.98 Å². The molecule has 13 heavy (non-hydrogen) atoms. The van der Waals surface area contributed by atoms with Crippen molar-refractivity contribution in [1.29, 1.82) is 0 Å². The van der Waals surface area contributed by atoms with E-state index in [1.54, 1.807) is 0 Å². The zero-order valence-electron chi connectivity index (χ0n) is 6.10. The van der Waals surface area contributed by atoms with E-state index in [0.29, 0.717) is 0 Å². The van der Waals surface area contributed by atoms with E-state index in [1.807, 2.05) is 0 Å². The number of aromatic carboxylic acids is 1. The van der Waals surface area contributed by atoms with E-state index in [1.165, 1.54) is 0 Å². The lowest BCUT2D eigenvalue weighted by Gasteiger charge is -1.97. The van der Waals surface area contributed by atoms with Crippen LogP contribution in [0.3, 0.4) is 0 Å². The fourth-order valence-corrected chi connectivity index (χ4v) is 0.987. The van der Waals surface area contributed by atoms with Crippen molar-refractivity contribution in [3.8, 4) is 0 Å². The largest absolute Gasteiger partial charge is 0.478 e. The SMILES string of the molecule is O=C(O)c1ccnc([N+](=O)[O-])c1Cl. The minimum Gasteiger partial charge on any atom is -0.478 e. The number of pyridine rings is 1. The number of nitro groups is 1. The smallest absolute Gasteiger partial charge is 0.383 e. The second-order valence-electron chi connectivity index (χ2n) is 2.06. The third kappa shape index (κ3) is 1.73. The van der Waals surface area contributed by atoms with Crippen LogP contribution in [-0.4, -0.2) is 21.0 Å². The molecule has 0 bridgehead atoms. The first kappa shape index (κ1) is 9.40. The van der Waals surface area contributed by atoms with Crippen LogP contribution in [0.1, 0.15) is 10.4 Å². The first-order valence-corrected chi connectivity index (χ1v) is 3.44. The fourth-order valence-electron chi connectivity index (χ4n) is 0.725. The minimum atomic E-state index is -1.32. The Kier molecular flexibility index (Phi) is 2.43. The maximum atomic E-state index is 10.5. The van der Waals surface area contributed by atoms with Crippen LogP contribution in [0.4, 0.5) is 5.82 Å². The molecule has 1 rings (SSSR count). The van der Waals surface area contributed by atoms with Crippen LogP contribution in [0.2, 0.25) is 5.02 Å². The molecule has 0 saturated heterocycles. The van der Waals surface area contributed by atoms with Gasteiger partial charge in [-0.1, -0.05) is 11.6 Å². The Morgan fingerprint density at radius 2 is 2.31 bits per heavy atom. The zero-order valence-corrected chi connectivity index (χ0v) is 6.85. The molecule has 68 valence electrons. The summed E-state index contributed by atoms with van der Waals surface area (Å²) in [5.41, 5.74) is -0.330.